The van der Waals surface area contributed by atoms with Gasteiger partial charge in [-0.15, -0.1) is 0 Å². The van der Waals surface area contributed by atoms with E-state index in [4.69, 9.17) is 4.74 Å². The van der Waals surface area contributed by atoms with Crippen molar-refractivity contribution >= 4 is 6.08 Å². The molecule has 0 amide bonds. The van der Waals surface area contributed by atoms with Crippen molar-refractivity contribution in [1.29, 1.82) is 0 Å². The van der Waals surface area contributed by atoms with Gasteiger partial charge in [0.05, 0.1) is 12.7 Å². The first-order valence-corrected chi connectivity index (χ1v) is 8.22. The zero-order chi connectivity index (χ0) is 16.5. The van der Waals surface area contributed by atoms with Gasteiger partial charge in [0, 0.05) is 26.2 Å². The molecule has 1 heterocycles. The molecule has 0 bridgehead atoms. The van der Waals surface area contributed by atoms with Gasteiger partial charge in [-0.2, -0.15) is 0 Å². The van der Waals surface area contributed by atoms with Crippen LogP contribution in [0.2, 0.25) is 0 Å². The lowest BCUT2D eigenvalue weighted by Crippen LogP contribution is -2.45. The van der Waals surface area contributed by atoms with Crippen LogP contribution >= 0.6 is 0 Å². The molecular formula is C18H27FN2O2. The maximum atomic E-state index is 12.8. The maximum Gasteiger partial charge on any atom is 0.123 e. The second kappa shape index (κ2) is 9.78. The number of likely N-dealkylation sites (tertiary alicyclic amines) is 1. The van der Waals surface area contributed by atoms with Crippen molar-refractivity contribution in [1.82, 2.24) is 10.2 Å². The van der Waals surface area contributed by atoms with Gasteiger partial charge in [0.15, 0.2) is 0 Å². The van der Waals surface area contributed by atoms with E-state index in [0.29, 0.717) is 19.2 Å². The first-order chi connectivity index (χ1) is 11.2. The van der Waals surface area contributed by atoms with Crippen molar-refractivity contribution in [2.24, 2.45) is 0 Å². The first-order valence-electron chi connectivity index (χ1n) is 8.22. The molecule has 4 nitrogen and oxygen atoms in total. The number of hydrogen-bond donors (Lipinski definition) is 2. The van der Waals surface area contributed by atoms with E-state index in [1.54, 1.807) is 19.2 Å². The molecular weight excluding hydrogens is 295 g/mol. The summed E-state index contributed by atoms with van der Waals surface area (Å²) in [5, 5.41) is 13.3. The number of aliphatic hydroxyl groups excluding tert-OH is 1. The molecule has 0 radical (unpaired) electrons. The number of hydrogen-bond acceptors (Lipinski definition) is 4. The van der Waals surface area contributed by atoms with Gasteiger partial charge in [0.2, 0.25) is 0 Å². The summed E-state index contributed by atoms with van der Waals surface area (Å²) in [4.78, 5) is 2.29. The monoisotopic (exact) mass is 322 g/mol. The van der Waals surface area contributed by atoms with E-state index in [0.717, 1.165) is 38.0 Å². The van der Waals surface area contributed by atoms with E-state index in [2.05, 4.69) is 16.3 Å². The molecule has 1 unspecified atom stereocenters. The van der Waals surface area contributed by atoms with Crippen molar-refractivity contribution in [3.63, 3.8) is 0 Å². The smallest absolute Gasteiger partial charge is 0.123 e. The zero-order valence-corrected chi connectivity index (χ0v) is 13.7. The second-order valence-corrected chi connectivity index (χ2v) is 6.05. The lowest BCUT2D eigenvalue weighted by molar-refractivity contribution is 0.0312. The van der Waals surface area contributed by atoms with Gasteiger partial charge in [0.1, 0.15) is 5.82 Å². The van der Waals surface area contributed by atoms with Crippen LogP contribution in [-0.2, 0) is 4.74 Å². The van der Waals surface area contributed by atoms with Crippen molar-refractivity contribution < 1.29 is 14.2 Å². The average Bonchev–Trinajstić information content (AvgIpc) is 2.55. The molecule has 1 fully saturated rings. The predicted octanol–water partition coefficient (Wildman–Crippen LogP) is 1.90. The molecule has 1 aliphatic rings. The number of nitrogens with zero attached hydrogens (tertiary/aromatic N) is 1. The average molecular weight is 322 g/mol. The Kier molecular flexibility index (Phi) is 7.68. The molecule has 1 aromatic carbocycles. The molecule has 1 aliphatic heterocycles. The zero-order valence-electron chi connectivity index (χ0n) is 13.7. The van der Waals surface area contributed by atoms with Gasteiger partial charge in [-0.1, -0.05) is 24.3 Å². The molecule has 1 saturated heterocycles. The molecule has 1 aromatic rings. The van der Waals surface area contributed by atoms with Crippen LogP contribution < -0.4 is 5.32 Å². The number of nitrogens with one attached hydrogen (secondary N) is 1. The van der Waals surface area contributed by atoms with E-state index in [1.165, 1.54) is 12.1 Å². The summed E-state index contributed by atoms with van der Waals surface area (Å²) in [5.41, 5.74) is 1.01. The Morgan fingerprint density at radius 3 is 2.70 bits per heavy atom. The van der Waals surface area contributed by atoms with Gasteiger partial charge in [-0.3, -0.25) is 0 Å². The van der Waals surface area contributed by atoms with Crippen LogP contribution in [0, 0.1) is 5.82 Å². The van der Waals surface area contributed by atoms with Crippen molar-refractivity contribution in [3.05, 3.63) is 41.7 Å². The first kappa shape index (κ1) is 18.1. The molecule has 2 N–H and O–H groups in total. The molecule has 5 heteroatoms. The summed E-state index contributed by atoms with van der Waals surface area (Å²) < 4.78 is 17.8. The highest BCUT2D eigenvalue weighted by Gasteiger charge is 2.20. The Morgan fingerprint density at radius 2 is 2.04 bits per heavy atom. The van der Waals surface area contributed by atoms with E-state index in [9.17, 15) is 9.50 Å². The van der Waals surface area contributed by atoms with Crippen LogP contribution in [0.1, 0.15) is 18.4 Å². The van der Waals surface area contributed by atoms with E-state index < -0.39 is 6.10 Å². The summed E-state index contributed by atoms with van der Waals surface area (Å²) in [6, 6.07) is 7.01. The minimum Gasteiger partial charge on any atom is -0.389 e. The number of piperidine rings is 1. The topological polar surface area (TPSA) is 44.7 Å². The molecule has 0 aromatic heterocycles. The highest BCUT2D eigenvalue weighted by molar-refractivity contribution is 5.48. The van der Waals surface area contributed by atoms with Crippen molar-refractivity contribution in [3.8, 4) is 0 Å². The Morgan fingerprint density at radius 1 is 1.35 bits per heavy atom. The lowest BCUT2D eigenvalue weighted by atomic mass is 10.0. The van der Waals surface area contributed by atoms with Gasteiger partial charge in [-0.05, 0) is 43.6 Å². The third-order valence-corrected chi connectivity index (χ3v) is 4.12. The summed E-state index contributed by atoms with van der Waals surface area (Å²) in [7, 11) is 1.61. The molecule has 23 heavy (non-hydrogen) atoms. The molecule has 0 aliphatic carbocycles. The van der Waals surface area contributed by atoms with Crippen LogP contribution in [0.25, 0.3) is 6.08 Å². The molecule has 0 saturated carbocycles. The maximum absolute atomic E-state index is 12.8. The third kappa shape index (κ3) is 6.79. The summed E-state index contributed by atoms with van der Waals surface area (Å²) >= 11 is 0. The number of ether oxygens (including phenoxy) is 1. The number of aliphatic hydroxyl groups is 1. The van der Waals surface area contributed by atoms with Crippen molar-refractivity contribution in [2.45, 2.75) is 25.0 Å². The van der Waals surface area contributed by atoms with Crippen molar-refractivity contribution in [2.75, 3.05) is 39.9 Å². The number of halogens is 1. The minimum atomic E-state index is -0.400. The third-order valence-electron chi connectivity index (χ3n) is 4.12. The van der Waals surface area contributed by atoms with Crippen LogP contribution in [0.4, 0.5) is 4.39 Å². The molecule has 128 valence electrons. The number of benzene rings is 1. The van der Waals surface area contributed by atoms with Gasteiger partial charge < -0.3 is 20.1 Å². The number of methoxy groups -OCH3 is 1. The summed E-state index contributed by atoms with van der Waals surface area (Å²) in [6.07, 6.45) is 5.85. The highest BCUT2D eigenvalue weighted by Crippen LogP contribution is 2.11. The normalized spacial score (nSPS) is 18.6. The lowest BCUT2D eigenvalue weighted by Gasteiger charge is -2.33. The quantitative estimate of drug-likeness (QED) is 0.767. The van der Waals surface area contributed by atoms with Crippen LogP contribution in [0.5, 0.6) is 0 Å². The number of β-amino-alcohol motifs (C(OH)–C–C–N with tert-alkyl or cyclic N) is 1. The fraction of sp³-hybridized carbons (Fsp3) is 0.556. The molecule has 2 rings (SSSR count). The van der Waals surface area contributed by atoms with E-state index in [-0.39, 0.29) is 5.82 Å². The fourth-order valence-electron chi connectivity index (χ4n) is 2.87. The van der Waals surface area contributed by atoms with E-state index in [1.807, 2.05) is 6.08 Å². The van der Waals surface area contributed by atoms with Gasteiger partial charge in [-0.25, -0.2) is 4.39 Å². The SMILES string of the molecule is COCC(O)CN1CCC(NC/C=C/c2ccc(F)cc2)CC1. The Balaban J connectivity index is 1.62. The van der Waals surface area contributed by atoms with E-state index >= 15 is 0 Å². The Bertz CT molecular complexity index is 470. The second-order valence-electron chi connectivity index (χ2n) is 6.05. The van der Waals surface area contributed by atoms with Gasteiger partial charge in [0.25, 0.3) is 0 Å². The van der Waals surface area contributed by atoms with Gasteiger partial charge >= 0.3 is 0 Å². The minimum absolute atomic E-state index is 0.206. The summed E-state index contributed by atoms with van der Waals surface area (Å²) in [5.74, 6) is -0.206. The standard InChI is InChI=1S/C18H27FN2O2/c1-23-14-18(22)13-21-11-8-17(9-12-21)20-10-2-3-15-4-6-16(19)7-5-15/h2-7,17-18,20,22H,8-14H2,1H3/b3-2+. The van der Waals surface area contributed by atoms with Crippen LogP contribution in [0.3, 0.4) is 0 Å². The molecule has 1 atom stereocenters. The Hall–Kier alpha value is -1.27. The fourth-order valence-corrected chi connectivity index (χ4v) is 2.87. The van der Waals surface area contributed by atoms with Crippen LogP contribution in [0.15, 0.2) is 30.3 Å². The molecule has 0 spiro atoms. The number of rotatable bonds is 8. The van der Waals surface area contributed by atoms with Crippen LogP contribution in [-0.4, -0.2) is 62.0 Å². The Labute approximate surface area is 137 Å². The predicted molar refractivity (Wildman–Crippen MR) is 90.8 cm³/mol. The highest BCUT2D eigenvalue weighted by atomic mass is 19.1. The summed E-state index contributed by atoms with van der Waals surface area (Å²) in [6.45, 7) is 3.89. The largest absolute Gasteiger partial charge is 0.389 e.